The van der Waals surface area contributed by atoms with E-state index in [1.165, 1.54) is 6.07 Å². The lowest BCUT2D eigenvalue weighted by molar-refractivity contribution is -0.189. The highest BCUT2D eigenvalue weighted by molar-refractivity contribution is 5.71. The van der Waals surface area contributed by atoms with E-state index in [1.807, 2.05) is 0 Å². The van der Waals surface area contributed by atoms with Gasteiger partial charge in [-0.05, 0) is 41.5 Å². The normalized spacial score (nSPS) is 17.6. The van der Waals surface area contributed by atoms with Crippen LogP contribution < -0.4 is 0 Å². The number of rotatable bonds is 10. The number of hydrogen-bond donors (Lipinski definition) is 0. The van der Waals surface area contributed by atoms with Crippen LogP contribution in [0, 0.1) is 23.3 Å². The standard InChI is InChI=1S/C31H32F4O2/c1-3-5-7-8-22-14-15-24(29(33)28(22)32)20-10-12-21(13-11-20)25-16-17-26(31(35)30(25)34)23-18-36-27(37-19-23)9-6-4-2/h4,10-17,23,27H,2-3,5-9,18-19H2,1H3. The predicted octanol–water partition coefficient (Wildman–Crippen LogP) is 8.73. The van der Waals surface area contributed by atoms with E-state index in [9.17, 15) is 8.78 Å². The second kappa shape index (κ2) is 12.5. The van der Waals surface area contributed by atoms with Crippen molar-refractivity contribution in [2.45, 2.75) is 57.7 Å². The lowest BCUT2D eigenvalue weighted by Crippen LogP contribution is -2.31. The number of unbranched alkanes of at least 4 members (excludes halogenated alkanes) is 2. The highest BCUT2D eigenvalue weighted by atomic mass is 19.2. The van der Waals surface area contributed by atoms with E-state index < -0.39 is 29.2 Å². The maximum Gasteiger partial charge on any atom is 0.166 e. The summed E-state index contributed by atoms with van der Waals surface area (Å²) in [7, 11) is 0. The van der Waals surface area contributed by atoms with Crippen LogP contribution in [0.4, 0.5) is 17.6 Å². The molecule has 1 saturated heterocycles. The number of allylic oxidation sites excluding steroid dienone is 1. The zero-order valence-electron chi connectivity index (χ0n) is 21.0. The van der Waals surface area contributed by atoms with Crippen LogP contribution in [0.5, 0.6) is 0 Å². The Labute approximate surface area is 215 Å². The number of hydrogen-bond acceptors (Lipinski definition) is 2. The second-order valence-electron chi connectivity index (χ2n) is 9.42. The third-order valence-electron chi connectivity index (χ3n) is 6.84. The smallest absolute Gasteiger partial charge is 0.166 e. The van der Waals surface area contributed by atoms with Crippen molar-refractivity contribution >= 4 is 0 Å². The average molecular weight is 513 g/mol. The van der Waals surface area contributed by atoms with Gasteiger partial charge in [0.2, 0.25) is 0 Å². The molecule has 1 aliphatic heterocycles. The average Bonchev–Trinajstić information content (AvgIpc) is 2.92. The van der Waals surface area contributed by atoms with E-state index in [2.05, 4.69) is 13.5 Å². The zero-order chi connectivity index (χ0) is 26.4. The molecule has 1 fully saturated rings. The molecule has 0 radical (unpaired) electrons. The Kier molecular flexibility index (Phi) is 9.17. The fourth-order valence-corrected chi connectivity index (χ4v) is 4.65. The molecule has 3 aromatic carbocycles. The van der Waals surface area contributed by atoms with Gasteiger partial charge >= 0.3 is 0 Å². The third-order valence-corrected chi connectivity index (χ3v) is 6.84. The van der Waals surface area contributed by atoms with Crippen molar-refractivity contribution < 1.29 is 27.0 Å². The van der Waals surface area contributed by atoms with Crippen molar-refractivity contribution in [2.75, 3.05) is 13.2 Å². The van der Waals surface area contributed by atoms with Crippen molar-refractivity contribution in [3.63, 3.8) is 0 Å². The Morgan fingerprint density at radius 1 is 0.784 bits per heavy atom. The van der Waals surface area contributed by atoms with Gasteiger partial charge in [0.1, 0.15) is 0 Å². The van der Waals surface area contributed by atoms with Crippen LogP contribution in [-0.2, 0) is 15.9 Å². The van der Waals surface area contributed by atoms with Gasteiger partial charge in [0.25, 0.3) is 0 Å². The van der Waals surface area contributed by atoms with Crippen molar-refractivity contribution in [3.05, 3.63) is 95.6 Å². The summed E-state index contributed by atoms with van der Waals surface area (Å²) < 4.78 is 70.8. The monoisotopic (exact) mass is 512 g/mol. The zero-order valence-corrected chi connectivity index (χ0v) is 21.0. The van der Waals surface area contributed by atoms with Gasteiger partial charge in [-0.15, -0.1) is 6.58 Å². The summed E-state index contributed by atoms with van der Waals surface area (Å²) in [6.07, 6.45) is 6.09. The van der Waals surface area contributed by atoms with Crippen LogP contribution in [0.15, 0.2) is 61.2 Å². The van der Waals surface area contributed by atoms with Gasteiger partial charge in [-0.3, -0.25) is 0 Å². The second-order valence-corrected chi connectivity index (χ2v) is 9.42. The van der Waals surface area contributed by atoms with Gasteiger partial charge in [0, 0.05) is 23.5 Å². The van der Waals surface area contributed by atoms with Gasteiger partial charge in [-0.1, -0.05) is 74.4 Å². The summed E-state index contributed by atoms with van der Waals surface area (Å²) in [5.74, 6) is -4.03. The molecule has 1 heterocycles. The Morgan fingerprint density at radius 2 is 1.38 bits per heavy atom. The summed E-state index contributed by atoms with van der Waals surface area (Å²) in [5, 5.41) is 0. The topological polar surface area (TPSA) is 18.5 Å². The van der Waals surface area contributed by atoms with Crippen LogP contribution in [-0.4, -0.2) is 19.5 Å². The Balaban J connectivity index is 1.50. The third kappa shape index (κ3) is 6.13. The van der Waals surface area contributed by atoms with E-state index in [-0.39, 0.29) is 36.2 Å². The summed E-state index contributed by atoms with van der Waals surface area (Å²) in [4.78, 5) is 0. The first-order valence-corrected chi connectivity index (χ1v) is 12.8. The van der Waals surface area contributed by atoms with Gasteiger partial charge in [-0.2, -0.15) is 0 Å². The van der Waals surface area contributed by atoms with Crippen molar-refractivity contribution in [1.82, 2.24) is 0 Å². The molecule has 0 saturated carbocycles. The maximum absolute atomic E-state index is 15.1. The van der Waals surface area contributed by atoms with E-state index >= 15 is 8.78 Å². The quantitative estimate of drug-likeness (QED) is 0.154. The highest BCUT2D eigenvalue weighted by Crippen LogP contribution is 2.34. The molecule has 2 nitrogen and oxygen atoms in total. The van der Waals surface area contributed by atoms with Gasteiger partial charge in [-0.25, -0.2) is 17.6 Å². The molecule has 37 heavy (non-hydrogen) atoms. The van der Waals surface area contributed by atoms with Gasteiger partial charge in [0.05, 0.1) is 13.2 Å². The lowest BCUT2D eigenvalue weighted by atomic mass is 9.94. The Morgan fingerprint density at radius 3 is 1.97 bits per heavy atom. The summed E-state index contributed by atoms with van der Waals surface area (Å²) in [5.41, 5.74) is 1.69. The number of halogens is 4. The minimum Gasteiger partial charge on any atom is -0.352 e. The molecule has 0 N–H and O–H groups in total. The van der Waals surface area contributed by atoms with Crippen molar-refractivity contribution in [3.8, 4) is 22.3 Å². The minimum absolute atomic E-state index is 0.0900. The Bertz CT molecular complexity index is 1210. The molecule has 0 amide bonds. The molecule has 0 spiro atoms. The molecule has 0 aromatic heterocycles. The SMILES string of the molecule is C=CCCC1OCC(c2ccc(-c3ccc(-c4ccc(CCCCC)c(F)c4F)cc3)c(F)c2F)CO1. The first-order chi connectivity index (χ1) is 17.9. The fourth-order valence-electron chi connectivity index (χ4n) is 4.65. The molecule has 196 valence electrons. The number of ether oxygens (including phenoxy) is 2. The molecule has 6 heteroatoms. The summed E-state index contributed by atoms with van der Waals surface area (Å²) in [6.45, 7) is 6.21. The number of aryl methyl sites for hydroxylation is 1. The first-order valence-electron chi connectivity index (χ1n) is 12.8. The lowest BCUT2D eigenvalue weighted by Gasteiger charge is -2.30. The van der Waals surface area contributed by atoms with E-state index in [4.69, 9.17) is 9.47 Å². The fraction of sp³-hybridized carbons (Fsp3) is 0.355. The molecule has 0 atom stereocenters. The van der Waals surface area contributed by atoms with Crippen LogP contribution in [0.2, 0.25) is 0 Å². The van der Waals surface area contributed by atoms with E-state index in [0.717, 1.165) is 25.7 Å². The van der Waals surface area contributed by atoms with E-state index in [1.54, 1.807) is 48.5 Å². The maximum atomic E-state index is 15.1. The van der Waals surface area contributed by atoms with Gasteiger partial charge < -0.3 is 9.47 Å². The van der Waals surface area contributed by atoms with Gasteiger partial charge in [0.15, 0.2) is 29.6 Å². The van der Waals surface area contributed by atoms with Crippen LogP contribution in [0.25, 0.3) is 22.3 Å². The molecule has 0 aliphatic carbocycles. The summed E-state index contributed by atoms with van der Waals surface area (Å²) in [6, 6.07) is 12.6. The predicted molar refractivity (Wildman–Crippen MR) is 138 cm³/mol. The molecule has 3 aromatic rings. The molecule has 0 unspecified atom stereocenters. The minimum atomic E-state index is -0.965. The molecule has 4 rings (SSSR count). The Hall–Kier alpha value is -2.96. The molecule has 0 bridgehead atoms. The van der Waals surface area contributed by atoms with Crippen LogP contribution in [0.3, 0.4) is 0 Å². The summed E-state index contributed by atoms with van der Waals surface area (Å²) >= 11 is 0. The van der Waals surface area contributed by atoms with Crippen LogP contribution in [0.1, 0.15) is 56.1 Å². The molecular formula is C31H32F4O2. The van der Waals surface area contributed by atoms with Crippen LogP contribution >= 0.6 is 0 Å². The highest BCUT2D eigenvalue weighted by Gasteiger charge is 2.27. The molecule has 1 aliphatic rings. The van der Waals surface area contributed by atoms with Crippen molar-refractivity contribution in [2.24, 2.45) is 0 Å². The van der Waals surface area contributed by atoms with E-state index in [0.29, 0.717) is 29.5 Å². The largest absolute Gasteiger partial charge is 0.352 e. The van der Waals surface area contributed by atoms with Crippen molar-refractivity contribution in [1.29, 1.82) is 0 Å². The number of benzene rings is 3. The molecular weight excluding hydrogens is 480 g/mol. The first kappa shape index (κ1) is 27.1.